The van der Waals surface area contributed by atoms with Crippen LogP contribution in [0, 0.1) is 13.8 Å². The molecule has 0 fully saturated rings. The summed E-state index contributed by atoms with van der Waals surface area (Å²) in [5.74, 6) is -1.76. The molecule has 172 valence electrons. The van der Waals surface area contributed by atoms with Crippen LogP contribution in [0.4, 0.5) is 0 Å². The third-order valence-electron chi connectivity index (χ3n) is 4.55. The molecular weight excluding hydrogens is 424 g/mol. The van der Waals surface area contributed by atoms with Gasteiger partial charge in [0.25, 0.3) is 0 Å². The van der Waals surface area contributed by atoms with Gasteiger partial charge in [-0.05, 0) is 49.2 Å². The number of benzene rings is 4. The molecule has 4 heteroatoms. The summed E-state index contributed by atoms with van der Waals surface area (Å²) in [6, 6.07) is 33.6. The van der Waals surface area contributed by atoms with E-state index in [0.29, 0.717) is 11.1 Å². The van der Waals surface area contributed by atoms with Crippen molar-refractivity contribution in [2.75, 3.05) is 0 Å². The van der Waals surface area contributed by atoms with Crippen molar-refractivity contribution >= 4 is 24.1 Å². The van der Waals surface area contributed by atoms with Gasteiger partial charge >= 0.3 is 11.9 Å². The van der Waals surface area contributed by atoms with Crippen LogP contribution in [0.15, 0.2) is 109 Å². The first-order chi connectivity index (χ1) is 16.3. The molecule has 0 bridgehead atoms. The largest absolute Gasteiger partial charge is 0.478 e. The smallest absolute Gasteiger partial charge is 0.335 e. The second-order valence-electron chi connectivity index (χ2n) is 7.51. The summed E-state index contributed by atoms with van der Waals surface area (Å²) in [6.07, 6.45) is 4.31. The lowest BCUT2D eigenvalue weighted by Gasteiger charge is -1.99. The number of rotatable bonds is 4. The van der Waals surface area contributed by atoms with Crippen LogP contribution < -0.4 is 0 Å². The second-order valence-corrected chi connectivity index (χ2v) is 7.51. The Morgan fingerprint density at radius 1 is 0.529 bits per heavy atom. The highest BCUT2D eigenvalue weighted by Gasteiger charge is 1.97. The van der Waals surface area contributed by atoms with Crippen molar-refractivity contribution in [2.45, 2.75) is 13.8 Å². The molecule has 0 aliphatic rings. The molecule has 0 radical (unpaired) electrons. The van der Waals surface area contributed by atoms with Gasteiger partial charge in [0.05, 0.1) is 11.1 Å². The second kappa shape index (κ2) is 13.9. The van der Waals surface area contributed by atoms with Gasteiger partial charge < -0.3 is 10.2 Å². The Bertz CT molecular complexity index is 1130. The number of hydrogen-bond acceptors (Lipinski definition) is 2. The predicted molar refractivity (Wildman–Crippen MR) is 138 cm³/mol. The van der Waals surface area contributed by atoms with Crippen LogP contribution in [-0.4, -0.2) is 22.2 Å². The van der Waals surface area contributed by atoms with Gasteiger partial charge in [0, 0.05) is 0 Å². The molecule has 34 heavy (non-hydrogen) atoms. The van der Waals surface area contributed by atoms with Crippen molar-refractivity contribution in [3.05, 3.63) is 143 Å². The summed E-state index contributed by atoms with van der Waals surface area (Å²) in [4.78, 5) is 20.4. The van der Waals surface area contributed by atoms with Crippen LogP contribution >= 0.6 is 0 Å². The van der Waals surface area contributed by atoms with E-state index >= 15 is 0 Å². The molecule has 0 heterocycles. The summed E-state index contributed by atoms with van der Waals surface area (Å²) < 4.78 is 0. The van der Waals surface area contributed by atoms with E-state index in [9.17, 15) is 9.59 Å². The minimum absolute atomic E-state index is 0.331. The minimum Gasteiger partial charge on any atom is -0.478 e. The molecule has 0 unspecified atom stereocenters. The molecule has 0 spiro atoms. The molecule has 0 saturated heterocycles. The Morgan fingerprint density at radius 3 is 1.24 bits per heavy atom. The average molecular weight is 453 g/mol. The molecule has 0 atom stereocenters. The summed E-state index contributed by atoms with van der Waals surface area (Å²) >= 11 is 0. The summed E-state index contributed by atoms with van der Waals surface area (Å²) in [6.45, 7) is 4.26. The van der Waals surface area contributed by atoms with Crippen LogP contribution in [0.3, 0.4) is 0 Å². The first-order valence-corrected chi connectivity index (χ1v) is 10.7. The van der Waals surface area contributed by atoms with E-state index in [0.717, 1.165) is 0 Å². The Labute approximate surface area is 200 Å². The fourth-order valence-corrected chi connectivity index (χ4v) is 3.02. The molecule has 4 nitrogen and oxygen atoms in total. The number of aromatic carboxylic acids is 2. The Hall–Kier alpha value is -4.44. The van der Waals surface area contributed by atoms with E-state index in [1.807, 2.05) is 6.07 Å². The monoisotopic (exact) mass is 452 g/mol. The van der Waals surface area contributed by atoms with Gasteiger partial charge in [-0.15, -0.1) is 0 Å². The van der Waals surface area contributed by atoms with E-state index in [4.69, 9.17) is 10.2 Å². The van der Waals surface area contributed by atoms with Gasteiger partial charge in [0.15, 0.2) is 0 Å². The standard InChI is InChI=1S/C16H16.2C7H6O2/c1-13-10-14(2)12-16(11-13)9-8-15-6-4-3-5-7-15;2*8-7(9)6-4-2-1-3-5-6/h3-12H,1-2H3;2*1-5H,(H,8,9). The molecule has 4 aromatic carbocycles. The Morgan fingerprint density at radius 2 is 0.882 bits per heavy atom. The highest BCUT2D eigenvalue weighted by molar-refractivity contribution is 5.87. The molecule has 0 aliphatic heterocycles. The number of aryl methyl sites for hydroxylation is 2. The van der Waals surface area contributed by atoms with Gasteiger partial charge in [-0.3, -0.25) is 0 Å². The van der Waals surface area contributed by atoms with Gasteiger partial charge in [-0.25, -0.2) is 9.59 Å². The van der Waals surface area contributed by atoms with E-state index in [-0.39, 0.29) is 0 Å². The van der Waals surface area contributed by atoms with Crippen molar-refractivity contribution < 1.29 is 19.8 Å². The molecule has 0 aromatic heterocycles. The summed E-state index contributed by atoms with van der Waals surface area (Å²) in [7, 11) is 0. The van der Waals surface area contributed by atoms with Gasteiger partial charge in [-0.2, -0.15) is 0 Å². The number of carboxylic acids is 2. The zero-order valence-corrected chi connectivity index (χ0v) is 19.3. The molecule has 4 rings (SSSR count). The lowest BCUT2D eigenvalue weighted by molar-refractivity contribution is 0.0686. The van der Waals surface area contributed by atoms with E-state index in [1.54, 1.807) is 60.7 Å². The van der Waals surface area contributed by atoms with Crippen molar-refractivity contribution in [3.63, 3.8) is 0 Å². The topological polar surface area (TPSA) is 74.6 Å². The van der Waals surface area contributed by atoms with E-state index < -0.39 is 11.9 Å². The first kappa shape index (κ1) is 25.8. The van der Waals surface area contributed by atoms with Crippen LogP contribution in [0.25, 0.3) is 12.2 Å². The van der Waals surface area contributed by atoms with Crippen molar-refractivity contribution in [2.24, 2.45) is 0 Å². The van der Waals surface area contributed by atoms with Crippen LogP contribution in [-0.2, 0) is 0 Å². The highest BCUT2D eigenvalue weighted by Crippen LogP contribution is 2.12. The van der Waals surface area contributed by atoms with E-state index in [2.05, 4.69) is 68.5 Å². The Balaban J connectivity index is 0.000000194. The van der Waals surface area contributed by atoms with Crippen molar-refractivity contribution in [1.29, 1.82) is 0 Å². The van der Waals surface area contributed by atoms with Gasteiger partial charge in [-0.1, -0.05) is 108 Å². The predicted octanol–water partition coefficient (Wildman–Crippen LogP) is 7.24. The molecule has 0 saturated carbocycles. The Kier molecular flexibility index (Phi) is 10.5. The van der Waals surface area contributed by atoms with Crippen molar-refractivity contribution in [3.8, 4) is 0 Å². The zero-order valence-electron chi connectivity index (χ0n) is 19.3. The molecule has 2 N–H and O–H groups in total. The van der Waals surface area contributed by atoms with Gasteiger partial charge in [0.2, 0.25) is 0 Å². The summed E-state index contributed by atoms with van der Waals surface area (Å²) in [5.41, 5.74) is 5.79. The van der Waals surface area contributed by atoms with Crippen LogP contribution in [0.5, 0.6) is 0 Å². The number of carboxylic acid groups (broad SMARTS) is 2. The molecular formula is C30H28O4. The fourth-order valence-electron chi connectivity index (χ4n) is 3.02. The third-order valence-corrected chi connectivity index (χ3v) is 4.55. The third kappa shape index (κ3) is 9.79. The van der Waals surface area contributed by atoms with Crippen molar-refractivity contribution in [1.82, 2.24) is 0 Å². The maximum atomic E-state index is 10.2. The normalized spacial score (nSPS) is 9.82. The maximum absolute atomic E-state index is 10.2. The quantitative estimate of drug-likeness (QED) is 0.320. The maximum Gasteiger partial charge on any atom is 0.335 e. The highest BCUT2D eigenvalue weighted by atomic mass is 16.4. The lowest BCUT2D eigenvalue weighted by Crippen LogP contribution is -1.93. The minimum atomic E-state index is -0.879. The molecule has 0 aliphatic carbocycles. The average Bonchev–Trinajstić information content (AvgIpc) is 2.85. The summed E-state index contributed by atoms with van der Waals surface area (Å²) in [5, 5.41) is 16.8. The molecule has 4 aromatic rings. The zero-order chi connectivity index (χ0) is 24.8. The first-order valence-electron chi connectivity index (χ1n) is 10.7. The number of carbonyl (C=O) groups is 2. The van der Waals surface area contributed by atoms with Crippen LogP contribution in [0.2, 0.25) is 0 Å². The van der Waals surface area contributed by atoms with E-state index in [1.165, 1.54) is 22.3 Å². The fraction of sp³-hybridized carbons (Fsp3) is 0.0667. The number of hydrogen-bond donors (Lipinski definition) is 2. The SMILES string of the molecule is Cc1cc(C)cc(C=Cc2ccccc2)c1.O=C(O)c1ccccc1.O=C(O)c1ccccc1. The lowest BCUT2D eigenvalue weighted by atomic mass is 10.1. The van der Waals surface area contributed by atoms with Gasteiger partial charge in [0.1, 0.15) is 0 Å². The van der Waals surface area contributed by atoms with Crippen LogP contribution in [0.1, 0.15) is 43.0 Å². The molecule has 0 amide bonds.